The van der Waals surface area contributed by atoms with E-state index in [2.05, 4.69) is 25.5 Å². The van der Waals surface area contributed by atoms with Crippen molar-refractivity contribution in [1.82, 2.24) is 20.6 Å². The summed E-state index contributed by atoms with van der Waals surface area (Å²) in [5.74, 6) is 0.595. The van der Waals surface area contributed by atoms with Crippen LogP contribution in [0.25, 0.3) is 10.9 Å². The first-order valence-electron chi connectivity index (χ1n) is 11.7. The molecule has 8 heteroatoms. The summed E-state index contributed by atoms with van der Waals surface area (Å²) in [7, 11) is 0. The number of carbonyl (C=O) groups is 1. The van der Waals surface area contributed by atoms with Crippen molar-refractivity contribution in [2.24, 2.45) is 0 Å². The van der Waals surface area contributed by atoms with Crippen molar-refractivity contribution in [3.05, 3.63) is 105 Å². The fourth-order valence-electron chi connectivity index (χ4n) is 5.16. The highest BCUT2D eigenvalue weighted by Crippen LogP contribution is 2.28. The number of halogens is 1. The van der Waals surface area contributed by atoms with Gasteiger partial charge in [-0.05, 0) is 42.3 Å². The number of aromatic amines is 1. The molecule has 7 nitrogen and oxygen atoms in total. The number of anilines is 1. The molecule has 2 aliphatic rings. The number of pyridine rings is 2. The Bertz CT molecular complexity index is 1450. The summed E-state index contributed by atoms with van der Waals surface area (Å²) in [5, 5.41) is 7.60. The Morgan fingerprint density at radius 3 is 2.71 bits per heavy atom. The van der Waals surface area contributed by atoms with E-state index in [1.54, 1.807) is 36.7 Å². The average Bonchev–Trinajstić information content (AvgIpc) is 3.52. The smallest absolute Gasteiger partial charge is 0.253 e. The topological polar surface area (TPSA) is 90.1 Å². The zero-order valence-corrected chi connectivity index (χ0v) is 19.6. The van der Waals surface area contributed by atoms with Crippen LogP contribution in [0.4, 0.5) is 5.82 Å². The number of carbonyl (C=O) groups excluding carboxylic acids is 1. The first-order valence-corrected chi connectivity index (χ1v) is 12.1. The molecule has 2 fully saturated rings. The molecule has 1 amide bonds. The summed E-state index contributed by atoms with van der Waals surface area (Å²) < 4.78 is 0. The van der Waals surface area contributed by atoms with Crippen LogP contribution in [0.15, 0.2) is 77.9 Å². The summed E-state index contributed by atoms with van der Waals surface area (Å²) in [6.07, 6.45) is 4.39. The summed E-state index contributed by atoms with van der Waals surface area (Å²) in [6.45, 7) is 1.91. The molecule has 176 valence electrons. The van der Waals surface area contributed by atoms with Gasteiger partial charge in [0.25, 0.3) is 5.91 Å². The highest BCUT2D eigenvalue weighted by Gasteiger charge is 2.38. The van der Waals surface area contributed by atoms with Crippen LogP contribution in [0.1, 0.15) is 33.9 Å². The summed E-state index contributed by atoms with van der Waals surface area (Å²) in [5.41, 5.74) is 2.20. The van der Waals surface area contributed by atoms with Crippen molar-refractivity contribution in [2.45, 2.75) is 24.5 Å². The van der Waals surface area contributed by atoms with Crippen LogP contribution < -0.4 is 21.0 Å². The molecular weight excluding hydrogens is 462 g/mol. The van der Waals surface area contributed by atoms with Crippen molar-refractivity contribution >= 4 is 34.2 Å². The molecule has 0 aliphatic carbocycles. The monoisotopic (exact) mass is 485 g/mol. The fraction of sp³-hybridized carbons (Fsp3) is 0.222. The van der Waals surface area contributed by atoms with Crippen LogP contribution in [-0.4, -0.2) is 41.0 Å². The molecule has 4 heterocycles. The van der Waals surface area contributed by atoms with Crippen LogP contribution in [0.2, 0.25) is 5.02 Å². The Labute approximate surface area is 207 Å². The number of hydrogen-bond donors (Lipinski definition) is 3. The first-order chi connectivity index (χ1) is 17.1. The van der Waals surface area contributed by atoms with Crippen molar-refractivity contribution < 1.29 is 4.79 Å². The predicted octanol–water partition coefficient (Wildman–Crippen LogP) is 3.65. The lowest BCUT2D eigenvalue weighted by atomic mass is 9.98. The van der Waals surface area contributed by atoms with Gasteiger partial charge in [0.1, 0.15) is 5.82 Å². The molecule has 2 aromatic heterocycles. The number of nitrogens with one attached hydrogen (secondary N) is 3. The van der Waals surface area contributed by atoms with E-state index < -0.39 is 6.04 Å². The van der Waals surface area contributed by atoms with Gasteiger partial charge in [0.2, 0.25) is 0 Å². The van der Waals surface area contributed by atoms with E-state index in [-0.39, 0.29) is 11.3 Å². The van der Waals surface area contributed by atoms with Gasteiger partial charge in [0.15, 0.2) is 5.43 Å². The standard InChI is InChI=1S/C27H24ClN5O2/c28-18-7-8-21-23(10-18)30-14-22(26(21)34)25(16-4-2-1-3-5-16)32-27(35)17-6-9-24(31-12-17)33-15-19-11-20(33)13-29-19/h1-10,12,14,19-20,25,29H,11,13,15H2,(H,30,34)(H,32,35)/t19-,20-,25?/m0/s1. The highest BCUT2D eigenvalue weighted by molar-refractivity contribution is 6.31. The lowest BCUT2D eigenvalue weighted by Gasteiger charge is -2.28. The number of aromatic nitrogens is 2. The summed E-state index contributed by atoms with van der Waals surface area (Å²) in [4.78, 5) is 36.7. The van der Waals surface area contributed by atoms with Gasteiger partial charge in [-0.2, -0.15) is 0 Å². The van der Waals surface area contributed by atoms with Crippen molar-refractivity contribution in [1.29, 1.82) is 0 Å². The molecule has 0 spiro atoms. The van der Waals surface area contributed by atoms with Gasteiger partial charge in [-0.25, -0.2) is 4.98 Å². The highest BCUT2D eigenvalue weighted by atomic mass is 35.5. The summed E-state index contributed by atoms with van der Waals surface area (Å²) in [6, 6.07) is 18.6. The second kappa shape index (κ2) is 8.83. The third kappa shape index (κ3) is 4.07. The molecule has 3 atom stereocenters. The van der Waals surface area contributed by atoms with E-state index in [0.29, 0.717) is 39.1 Å². The second-order valence-corrected chi connectivity index (χ2v) is 9.57. The van der Waals surface area contributed by atoms with Crippen LogP contribution in [-0.2, 0) is 0 Å². The quantitative estimate of drug-likeness (QED) is 0.401. The van der Waals surface area contributed by atoms with E-state index in [1.807, 2.05) is 36.4 Å². The normalized spacial score (nSPS) is 19.7. The Morgan fingerprint density at radius 1 is 1.14 bits per heavy atom. The number of fused-ring (bicyclic) bond motifs is 3. The molecule has 0 radical (unpaired) electrons. The summed E-state index contributed by atoms with van der Waals surface area (Å²) >= 11 is 6.09. The number of rotatable bonds is 5. The van der Waals surface area contributed by atoms with Gasteiger partial charge >= 0.3 is 0 Å². The predicted molar refractivity (Wildman–Crippen MR) is 137 cm³/mol. The van der Waals surface area contributed by atoms with Crippen LogP contribution >= 0.6 is 11.6 Å². The van der Waals surface area contributed by atoms with E-state index >= 15 is 0 Å². The van der Waals surface area contributed by atoms with Gasteiger partial charge in [0.05, 0.1) is 17.1 Å². The molecule has 1 unspecified atom stereocenters. The SMILES string of the molecule is O=C(NC(c1ccccc1)c1c[nH]c2cc(Cl)ccc2c1=O)c1ccc(N2C[C@@H]3C[C@H]2CN3)nc1. The molecule has 4 aromatic rings. The van der Waals surface area contributed by atoms with E-state index in [9.17, 15) is 9.59 Å². The van der Waals surface area contributed by atoms with Gasteiger partial charge in [-0.1, -0.05) is 41.9 Å². The molecule has 6 rings (SSSR count). The lowest BCUT2D eigenvalue weighted by Crippen LogP contribution is -2.44. The minimum absolute atomic E-state index is 0.157. The van der Waals surface area contributed by atoms with Crippen molar-refractivity contribution in [3.8, 4) is 0 Å². The van der Waals surface area contributed by atoms with Gasteiger partial charge in [0, 0.05) is 53.5 Å². The Kier molecular flexibility index (Phi) is 5.51. The fourth-order valence-corrected chi connectivity index (χ4v) is 5.33. The third-order valence-electron chi connectivity index (χ3n) is 6.95. The van der Waals surface area contributed by atoms with Crippen LogP contribution in [0.3, 0.4) is 0 Å². The minimum Gasteiger partial charge on any atom is -0.361 e. The van der Waals surface area contributed by atoms with Crippen molar-refractivity contribution in [2.75, 3.05) is 18.0 Å². The van der Waals surface area contributed by atoms with Gasteiger partial charge in [-0.3, -0.25) is 9.59 Å². The maximum atomic E-state index is 13.4. The number of hydrogen-bond acceptors (Lipinski definition) is 5. The number of benzene rings is 2. The number of amides is 1. The van der Waals surface area contributed by atoms with E-state index in [4.69, 9.17) is 11.6 Å². The maximum Gasteiger partial charge on any atom is 0.253 e. The van der Waals surface area contributed by atoms with E-state index in [0.717, 1.165) is 30.9 Å². The molecule has 2 aromatic carbocycles. The molecule has 35 heavy (non-hydrogen) atoms. The first kappa shape index (κ1) is 21.8. The lowest BCUT2D eigenvalue weighted by molar-refractivity contribution is 0.0942. The Balaban J connectivity index is 1.30. The van der Waals surface area contributed by atoms with Crippen LogP contribution in [0.5, 0.6) is 0 Å². The number of nitrogens with zero attached hydrogens (tertiary/aromatic N) is 2. The second-order valence-electron chi connectivity index (χ2n) is 9.13. The Morgan fingerprint density at radius 2 is 2.00 bits per heavy atom. The third-order valence-corrected chi connectivity index (χ3v) is 7.19. The van der Waals surface area contributed by atoms with Crippen LogP contribution in [0, 0.1) is 0 Å². The molecule has 2 aliphatic heterocycles. The average molecular weight is 486 g/mol. The largest absolute Gasteiger partial charge is 0.361 e. The van der Waals surface area contributed by atoms with Gasteiger partial charge in [-0.15, -0.1) is 0 Å². The Hall–Kier alpha value is -3.68. The molecule has 3 N–H and O–H groups in total. The minimum atomic E-state index is -0.632. The van der Waals surface area contributed by atoms with E-state index in [1.165, 1.54) is 0 Å². The zero-order valence-electron chi connectivity index (χ0n) is 18.9. The number of piperazine rings is 1. The maximum absolute atomic E-state index is 13.4. The molecule has 2 saturated heterocycles. The van der Waals surface area contributed by atoms with Crippen molar-refractivity contribution in [3.63, 3.8) is 0 Å². The molecule has 0 saturated carbocycles. The zero-order chi connectivity index (χ0) is 23.9. The van der Waals surface area contributed by atoms with Gasteiger partial charge < -0.3 is 20.5 Å². The number of H-pyrrole nitrogens is 1. The molecular formula is C27H24ClN5O2. The molecule has 2 bridgehead atoms.